The number of carbonyl (C=O) groups excluding carboxylic acids is 1. The summed E-state index contributed by atoms with van der Waals surface area (Å²) in [6.45, 7) is 6.62. The molecule has 0 unspecified atom stereocenters. The molecular weight excluding hydrogens is 478 g/mol. The summed E-state index contributed by atoms with van der Waals surface area (Å²) in [7, 11) is 0. The number of pyridine rings is 1. The lowest BCUT2D eigenvalue weighted by atomic mass is 10.0. The number of thiocarbonyl (C=S) groups is 1. The van der Waals surface area contributed by atoms with Gasteiger partial charge in [-0.3, -0.25) is 9.78 Å². The second-order valence-corrected chi connectivity index (χ2v) is 9.91. The maximum Gasteiger partial charge on any atom is 0.226 e. The van der Waals surface area contributed by atoms with Crippen molar-refractivity contribution >= 4 is 28.9 Å². The number of aromatic nitrogens is 2. The van der Waals surface area contributed by atoms with E-state index in [4.69, 9.17) is 12.2 Å². The zero-order chi connectivity index (χ0) is 25.9. The largest absolute Gasteiger partial charge is 0.352 e. The Kier molecular flexibility index (Phi) is 7.06. The Balaban J connectivity index is 1.45. The van der Waals surface area contributed by atoms with Crippen LogP contribution in [0.1, 0.15) is 46.6 Å². The Morgan fingerprint density at radius 2 is 1.81 bits per heavy atom. The summed E-state index contributed by atoms with van der Waals surface area (Å²) in [5, 5.41) is 7.19. The van der Waals surface area contributed by atoms with Gasteiger partial charge in [-0.05, 0) is 86.1 Å². The molecule has 1 saturated heterocycles. The molecule has 2 atom stereocenters. The fraction of sp³-hybridized carbons (Fsp3) is 0.233. The van der Waals surface area contributed by atoms with E-state index in [0.717, 1.165) is 33.9 Å². The molecular formula is C30H31N5OS. The van der Waals surface area contributed by atoms with E-state index < -0.39 is 0 Å². The van der Waals surface area contributed by atoms with Gasteiger partial charge in [0.05, 0.1) is 17.8 Å². The van der Waals surface area contributed by atoms with Crippen LogP contribution in [0, 0.1) is 20.8 Å². The Labute approximate surface area is 223 Å². The predicted octanol–water partition coefficient (Wildman–Crippen LogP) is 5.80. The number of rotatable bonds is 7. The minimum atomic E-state index is -0.145. The van der Waals surface area contributed by atoms with Gasteiger partial charge in [0.25, 0.3) is 0 Å². The van der Waals surface area contributed by atoms with Crippen molar-refractivity contribution in [1.29, 1.82) is 0 Å². The SMILES string of the molecule is Cc1ccc(C)c(NC(=O)CCN2C(=S)N[C@@H](c3ccccn3)[C@H]2c2cccn2-c2ccccc2C)c1. The van der Waals surface area contributed by atoms with E-state index in [1.165, 1.54) is 5.56 Å². The monoisotopic (exact) mass is 509 g/mol. The van der Waals surface area contributed by atoms with E-state index in [1.54, 1.807) is 6.20 Å². The Bertz CT molecular complexity index is 1430. The molecule has 1 aliphatic rings. The summed E-state index contributed by atoms with van der Waals surface area (Å²) >= 11 is 5.82. The highest BCUT2D eigenvalue weighted by atomic mass is 32.1. The topological polar surface area (TPSA) is 62.2 Å². The molecule has 1 aliphatic heterocycles. The average Bonchev–Trinajstić information content (AvgIpc) is 3.50. The molecule has 6 nitrogen and oxygen atoms in total. The lowest BCUT2D eigenvalue weighted by Crippen LogP contribution is -2.33. The van der Waals surface area contributed by atoms with Gasteiger partial charge in [-0.1, -0.05) is 36.4 Å². The molecule has 0 saturated carbocycles. The number of hydrogen-bond acceptors (Lipinski definition) is 3. The molecule has 3 heterocycles. The van der Waals surface area contributed by atoms with Crippen LogP contribution in [0.2, 0.25) is 0 Å². The van der Waals surface area contributed by atoms with Gasteiger partial charge in [0.1, 0.15) is 0 Å². The molecule has 5 rings (SSSR count). The van der Waals surface area contributed by atoms with Crippen LogP contribution in [0.5, 0.6) is 0 Å². The molecule has 2 N–H and O–H groups in total. The highest BCUT2D eigenvalue weighted by Crippen LogP contribution is 2.39. The number of anilines is 1. The Morgan fingerprint density at radius 3 is 2.59 bits per heavy atom. The molecule has 2 aromatic heterocycles. The van der Waals surface area contributed by atoms with Crippen molar-refractivity contribution in [1.82, 2.24) is 19.8 Å². The molecule has 0 radical (unpaired) electrons. The van der Waals surface area contributed by atoms with E-state index >= 15 is 0 Å². The number of aryl methyl sites for hydroxylation is 3. The first-order chi connectivity index (χ1) is 17.9. The first-order valence-corrected chi connectivity index (χ1v) is 12.9. The van der Waals surface area contributed by atoms with Crippen LogP contribution in [-0.4, -0.2) is 32.0 Å². The van der Waals surface area contributed by atoms with Crippen molar-refractivity contribution in [3.05, 3.63) is 113 Å². The number of nitrogens with zero attached hydrogens (tertiary/aromatic N) is 3. The van der Waals surface area contributed by atoms with E-state index in [1.807, 2.05) is 56.3 Å². The van der Waals surface area contributed by atoms with Gasteiger partial charge >= 0.3 is 0 Å². The van der Waals surface area contributed by atoms with Crippen molar-refractivity contribution in [3.8, 4) is 5.69 Å². The van der Waals surface area contributed by atoms with Crippen LogP contribution < -0.4 is 10.6 Å². The van der Waals surface area contributed by atoms with Crippen molar-refractivity contribution < 1.29 is 4.79 Å². The minimum Gasteiger partial charge on any atom is -0.352 e. The zero-order valence-electron chi connectivity index (χ0n) is 21.3. The molecule has 1 fully saturated rings. The number of amides is 1. The zero-order valence-corrected chi connectivity index (χ0v) is 22.1. The summed E-state index contributed by atoms with van der Waals surface area (Å²) in [6, 6.07) is 24.2. The second kappa shape index (κ2) is 10.6. The fourth-order valence-electron chi connectivity index (χ4n) is 4.96. The van der Waals surface area contributed by atoms with E-state index in [2.05, 4.69) is 68.5 Å². The highest BCUT2D eigenvalue weighted by molar-refractivity contribution is 7.80. The van der Waals surface area contributed by atoms with Gasteiger partial charge in [-0.25, -0.2) is 0 Å². The van der Waals surface area contributed by atoms with Crippen LogP contribution in [0.25, 0.3) is 5.69 Å². The van der Waals surface area contributed by atoms with Gasteiger partial charge in [0.15, 0.2) is 5.11 Å². The van der Waals surface area contributed by atoms with Gasteiger partial charge in [-0.15, -0.1) is 0 Å². The Hall–Kier alpha value is -3.97. The van der Waals surface area contributed by atoms with Crippen molar-refractivity contribution in [2.24, 2.45) is 0 Å². The number of nitrogens with one attached hydrogen (secondary N) is 2. The van der Waals surface area contributed by atoms with Gasteiger partial charge in [0, 0.05) is 42.4 Å². The van der Waals surface area contributed by atoms with E-state index in [0.29, 0.717) is 18.1 Å². The summed E-state index contributed by atoms with van der Waals surface area (Å²) in [5.41, 5.74) is 7.31. The molecule has 1 amide bonds. The standard InChI is InChI=1S/C30H31N5OS/c1-20-13-14-21(2)24(19-20)32-27(36)15-18-35-29(28(33-30(35)37)23-10-6-7-16-31-23)26-12-8-17-34(26)25-11-5-4-9-22(25)3/h4-14,16-17,19,28-29H,15,18H2,1-3H3,(H,32,36)(H,33,37)/t28-,29+/m0/s1. The highest BCUT2D eigenvalue weighted by Gasteiger charge is 2.41. The Morgan fingerprint density at radius 1 is 1.00 bits per heavy atom. The van der Waals surface area contributed by atoms with Gasteiger partial charge < -0.3 is 20.1 Å². The second-order valence-electron chi connectivity index (χ2n) is 9.53. The number of benzene rings is 2. The molecule has 188 valence electrons. The third kappa shape index (κ3) is 5.13. The normalized spacial score (nSPS) is 17.1. The first-order valence-electron chi connectivity index (χ1n) is 12.5. The molecule has 2 aromatic carbocycles. The summed E-state index contributed by atoms with van der Waals surface area (Å²) in [6.07, 6.45) is 4.20. The lowest BCUT2D eigenvalue weighted by Gasteiger charge is -2.29. The third-order valence-corrected chi connectivity index (χ3v) is 7.26. The number of carbonyl (C=O) groups is 1. The average molecular weight is 510 g/mol. The van der Waals surface area contributed by atoms with Crippen LogP contribution >= 0.6 is 12.2 Å². The quantitative estimate of drug-likeness (QED) is 0.309. The lowest BCUT2D eigenvalue weighted by molar-refractivity contribution is -0.116. The summed E-state index contributed by atoms with van der Waals surface area (Å²) in [5.74, 6) is -0.0363. The van der Waals surface area contributed by atoms with Gasteiger partial charge in [-0.2, -0.15) is 0 Å². The molecule has 7 heteroatoms. The fourth-order valence-corrected chi connectivity index (χ4v) is 5.29. The molecule has 4 aromatic rings. The summed E-state index contributed by atoms with van der Waals surface area (Å²) < 4.78 is 2.22. The van der Waals surface area contributed by atoms with Crippen molar-refractivity contribution in [3.63, 3.8) is 0 Å². The number of hydrogen-bond donors (Lipinski definition) is 2. The van der Waals surface area contributed by atoms with Gasteiger partial charge in [0.2, 0.25) is 5.91 Å². The molecule has 0 bridgehead atoms. The van der Waals surface area contributed by atoms with E-state index in [-0.39, 0.29) is 18.0 Å². The van der Waals surface area contributed by atoms with Crippen LogP contribution in [0.15, 0.2) is 85.2 Å². The van der Waals surface area contributed by atoms with Crippen molar-refractivity contribution in [2.45, 2.75) is 39.3 Å². The smallest absolute Gasteiger partial charge is 0.226 e. The molecule has 0 spiro atoms. The third-order valence-electron chi connectivity index (χ3n) is 6.90. The summed E-state index contributed by atoms with van der Waals surface area (Å²) in [4.78, 5) is 19.8. The molecule has 0 aliphatic carbocycles. The van der Waals surface area contributed by atoms with Crippen LogP contribution in [0.4, 0.5) is 5.69 Å². The van der Waals surface area contributed by atoms with Crippen LogP contribution in [-0.2, 0) is 4.79 Å². The first kappa shape index (κ1) is 24.7. The molecule has 37 heavy (non-hydrogen) atoms. The van der Waals surface area contributed by atoms with Crippen LogP contribution in [0.3, 0.4) is 0 Å². The minimum absolute atomic E-state index is 0.0363. The maximum atomic E-state index is 13.0. The maximum absolute atomic E-state index is 13.0. The number of para-hydroxylation sites is 1. The van der Waals surface area contributed by atoms with Crippen molar-refractivity contribution in [2.75, 3.05) is 11.9 Å². The van der Waals surface area contributed by atoms with E-state index in [9.17, 15) is 4.79 Å². The predicted molar refractivity (Wildman–Crippen MR) is 152 cm³/mol.